The number of ether oxygens (including phenoxy) is 1. The summed E-state index contributed by atoms with van der Waals surface area (Å²) in [5.41, 5.74) is 1.79. The predicted octanol–water partition coefficient (Wildman–Crippen LogP) is 3.49. The van der Waals surface area contributed by atoms with E-state index in [1.165, 1.54) is 0 Å². The first-order chi connectivity index (χ1) is 10.7. The van der Waals surface area contributed by atoms with Gasteiger partial charge in [0, 0.05) is 5.92 Å². The minimum Gasteiger partial charge on any atom is -0.445 e. The second-order valence-corrected chi connectivity index (χ2v) is 5.09. The highest BCUT2D eigenvalue weighted by Gasteiger charge is 2.21. The van der Waals surface area contributed by atoms with Crippen LogP contribution in [0, 0.1) is 5.92 Å². The average molecular weight is 297 g/mol. The first kappa shape index (κ1) is 15.8. The summed E-state index contributed by atoms with van der Waals surface area (Å²) in [5.74, 6) is -0.341. The number of carbonyl (C=O) groups is 2. The molecule has 4 heteroatoms. The van der Waals surface area contributed by atoms with Crippen molar-refractivity contribution in [3.05, 3.63) is 71.8 Å². The molecule has 0 radical (unpaired) electrons. The van der Waals surface area contributed by atoms with Crippen LogP contribution in [0.4, 0.5) is 4.79 Å². The van der Waals surface area contributed by atoms with Gasteiger partial charge in [-0.15, -0.1) is 0 Å². The summed E-state index contributed by atoms with van der Waals surface area (Å²) in [6, 6.07) is 18.4. The topological polar surface area (TPSA) is 55.4 Å². The van der Waals surface area contributed by atoms with Crippen molar-refractivity contribution < 1.29 is 14.3 Å². The van der Waals surface area contributed by atoms with Crippen LogP contribution >= 0.6 is 0 Å². The first-order valence-corrected chi connectivity index (χ1v) is 7.18. The minimum absolute atomic E-state index is 0.198. The lowest BCUT2D eigenvalue weighted by Crippen LogP contribution is -2.33. The molecular weight excluding hydrogens is 278 g/mol. The molecule has 0 aliphatic carbocycles. The van der Waals surface area contributed by atoms with E-state index >= 15 is 0 Å². The van der Waals surface area contributed by atoms with E-state index in [4.69, 9.17) is 4.74 Å². The van der Waals surface area contributed by atoms with E-state index in [0.717, 1.165) is 17.4 Å². The van der Waals surface area contributed by atoms with Gasteiger partial charge in [0.05, 0.1) is 6.04 Å². The summed E-state index contributed by atoms with van der Waals surface area (Å²) in [7, 11) is 0. The van der Waals surface area contributed by atoms with E-state index in [9.17, 15) is 9.59 Å². The van der Waals surface area contributed by atoms with Gasteiger partial charge < -0.3 is 14.8 Å². The molecule has 0 bridgehead atoms. The molecule has 0 aliphatic rings. The molecule has 2 rings (SSSR count). The van der Waals surface area contributed by atoms with E-state index in [1.54, 1.807) is 6.92 Å². The monoisotopic (exact) mass is 297 g/mol. The SMILES string of the molecule is C[C@H](C=O)[C@H](NC(=O)OCc1ccccc1)c1ccccc1. The number of hydrogen-bond donors (Lipinski definition) is 1. The molecule has 2 aromatic carbocycles. The lowest BCUT2D eigenvalue weighted by Gasteiger charge is -2.21. The first-order valence-electron chi connectivity index (χ1n) is 7.18. The third-order valence-corrected chi connectivity index (χ3v) is 3.39. The second-order valence-electron chi connectivity index (χ2n) is 5.09. The van der Waals surface area contributed by atoms with Crippen LogP contribution in [0.2, 0.25) is 0 Å². The van der Waals surface area contributed by atoms with Crippen molar-refractivity contribution in [2.75, 3.05) is 0 Å². The smallest absolute Gasteiger partial charge is 0.407 e. The van der Waals surface area contributed by atoms with Crippen LogP contribution in [0.25, 0.3) is 0 Å². The van der Waals surface area contributed by atoms with Crippen LogP contribution in [0.5, 0.6) is 0 Å². The Bertz CT molecular complexity index is 598. The standard InChI is InChI=1S/C18H19NO3/c1-14(12-20)17(16-10-6-3-7-11-16)19-18(21)22-13-15-8-4-2-5-9-15/h2-12,14,17H,13H2,1H3,(H,19,21)/t14-,17+/m1/s1. The molecule has 0 aliphatic heterocycles. The van der Waals surface area contributed by atoms with Gasteiger partial charge in [-0.2, -0.15) is 0 Å². The molecule has 0 fully saturated rings. The fourth-order valence-corrected chi connectivity index (χ4v) is 2.15. The Hall–Kier alpha value is -2.62. The van der Waals surface area contributed by atoms with Crippen molar-refractivity contribution in [1.29, 1.82) is 0 Å². The van der Waals surface area contributed by atoms with Gasteiger partial charge in [-0.25, -0.2) is 4.79 Å². The number of aldehydes is 1. The van der Waals surface area contributed by atoms with Crippen LogP contribution in [-0.2, 0) is 16.1 Å². The van der Waals surface area contributed by atoms with E-state index in [2.05, 4.69) is 5.32 Å². The third kappa shape index (κ3) is 4.45. The van der Waals surface area contributed by atoms with Gasteiger partial charge >= 0.3 is 6.09 Å². The largest absolute Gasteiger partial charge is 0.445 e. The molecule has 0 unspecified atom stereocenters. The highest BCUT2D eigenvalue weighted by molar-refractivity contribution is 5.69. The summed E-state index contributed by atoms with van der Waals surface area (Å²) in [6.07, 6.45) is 0.293. The van der Waals surface area contributed by atoms with Crippen molar-refractivity contribution >= 4 is 12.4 Å². The number of hydrogen-bond acceptors (Lipinski definition) is 3. The zero-order chi connectivity index (χ0) is 15.8. The Labute approximate surface area is 130 Å². The molecule has 114 valence electrons. The van der Waals surface area contributed by atoms with E-state index in [0.29, 0.717) is 0 Å². The van der Waals surface area contributed by atoms with Gasteiger partial charge in [0.15, 0.2) is 0 Å². The van der Waals surface area contributed by atoms with Gasteiger partial charge in [0.25, 0.3) is 0 Å². The Morgan fingerprint density at radius 1 is 1.09 bits per heavy atom. The molecule has 0 saturated carbocycles. The number of benzene rings is 2. The van der Waals surface area contributed by atoms with Gasteiger partial charge in [-0.1, -0.05) is 67.6 Å². The van der Waals surface area contributed by atoms with Gasteiger partial charge in [-0.05, 0) is 11.1 Å². The van der Waals surface area contributed by atoms with Crippen molar-refractivity contribution in [3.63, 3.8) is 0 Å². The Morgan fingerprint density at radius 2 is 1.68 bits per heavy atom. The highest BCUT2D eigenvalue weighted by atomic mass is 16.5. The number of amides is 1. The van der Waals surface area contributed by atoms with Crippen LogP contribution < -0.4 is 5.32 Å². The maximum atomic E-state index is 12.0. The number of rotatable bonds is 6. The summed E-state index contributed by atoms with van der Waals surface area (Å²) < 4.78 is 5.21. The summed E-state index contributed by atoms with van der Waals surface area (Å²) in [6.45, 7) is 1.96. The Morgan fingerprint density at radius 3 is 2.27 bits per heavy atom. The molecule has 1 N–H and O–H groups in total. The molecule has 2 aromatic rings. The maximum Gasteiger partial charge on any atom is 0.407 e. The van der Waals surface area contributed by atoms with E-state index < -0.39 is 12.1 Å². The summed E-state index contributed by atoms with van der Waals surface area (Å²) >= 11 is 0. The fourth-order valence-electron chi connectivity index (χ4n) is 2.15. The summed E-state index contributed by atoms with van der Waals surface area (Å²) in [4.78, 5) is 23.1. The summed E-state index contributed by atoms with van der Waals surface area (Å²) in [5, 5.41) is 2.76. The highest BCUT2D eigenvalue weighted by Crippen LogP contribution is 2.20. The maximum absolute atomic E-state index is 12.0. The molecule has 0 saturated heterocycles. The van der Waals surface area contributed by atoms with Crippen molar-refractivity contribution in [2.24, 2.45) is 5.92 Å². The normalized spacial score (nSPS) is 13.0. The fraction of sp³-hybridized carbons (Fsp3) is 0.222. The van der Waals surface area contributed by atoms with Crippen molar-refractivity contribution in [1.82, 2.24) is 5.32 Å². The minimum atomic E-state index is -0.536. The van der Waals surface area contributed by atoms with E-state index in [-0.39, 0.29) is 12.5 Å². The number of carbonyl (C=O) groups excluding carboxylic acids is 2. The van der Waals surface area contributed by atoms with E-state index in [1.807, 2.05) is 60.7 Å². The van der Waals surface area contributed by atoms with Crippen LogP contribution in [-0.4, -0.2) is 12.4 Å². The number of nitrogens with one attached hydrogen (secondary N) is 1. The molecule has 0 heterocycles. The third-order valence-electron chi connectivity index (χ3n) is 3.39. The van der Waals surface area contributed by atoms with Crippen molar-refractivity contribution in [2.45, 2.75) is 19.6 Å². The number of alkyl carbamates (subject to hydrolysis) is 1. The predicted molar refractivity (Wildman–Crippen MR) is 84.2 cm³/mol. The molecule has 4 nitrogen and oxygen atoms in total. The molecular formula is C18H19NO3. The molecule has 1 amide bonds. The zero-order valence-corrected chi connectivity index (χ0v) is 12.4. The zero-order valence-electron chi connectivity index (χ0n) is 12.4. The lowest BCUT2D eigenvalue weighted by molar-refractivity contribution is -0.111. The lowest BCUT2D eigenvalue weighted by atomic mass is 9.96. The molecule has 0 spiro atoms. The molecule has 0 aromatic heterocycles. The van der Waals surface area contributed by atoms with Gasteiger partial charge in [0.2, 0.25) is 0 Å². The van der Waals surface area contributed by atoms with Gasteiger partial charge in [-0.3, -0.25) is 0 Å². The molecule has 2 atom stereocenters. The second kappa shape index (κ2) is 7.98. The van der Waals surface area contributed by atoms with Crippen LogP contribution in [0.1, 0.15) is 24.1 Å². The quantitative estimate of drug-likeness (QED) is 0.830. The van der Waals surface area contributed by atoms with Crippen LogP contribution in [0.3, 0.4) is 0 Å². The Kier molecular flexibility index (Phi) is 5.72. The average Bonchev–Trinajstić information content (AvgIpc) is 2.59. The Balaban J connectivity index is 1.98. The van der Waals surface area contributed by atoms with Crippen molar-refractivity contribution in [3.8, 4) is 0 Å². The van der Waals surface area contributed by atoms with Gasteiger partial charge in [0.1, 0.15) is 12.9 Å². The van der Waals surface area contributed by atoms with Crippen LogP contribution in [0.15, 0.2) is 60.7 Å². The molecule has 22 heavy (non-hydrogen) atoms.